The molecule has 0 radical (unpaired) electrons. The molecule has 0 unspecified atom stereocenters. The van der Waals surface area contributed by atoms with E-state index in [0.717, 1.165) is 30.5 Å². The molecular weight excluding hydrogens is 284 g/mol. The Labute approximate surface area is 141 Å². The Morgan fingerprint density at radius 1 is 0.913 bits per heavy atom. The lowest BCUT2D eigenvalue weighted by Crippen LogP contribution is -2.19. The van der Waals surface area contributed by atoms with Crippen molar-refractivity contribution >= 4 is 11.6 Å². The highest BCUT2D eigenvalue weighted by Crippen LogP contribution is 2.09. The van der Waals surface area contributed by atoms with E-state index in [4.69, 9.17) is 0 Å². The molecule has 0 atom stereocenters. The number of hydrogen-bond acceptors (Lipinski definition) is 2. The molecule has 1 rings (SSSR count). The van der Waals surface area contributed by atoms with Crippen LogP contribution in [0.3, 0.4) is 0 Å². The van der Waals surface area contributed by atoms with Crippen molar-refractivity contribution in [2.45, 2.75) is 78.1 Å². The number of benzene rings is 1. The minimum atomic E-state index is 0.0258. The summed E-state index contributed by atoms with van der Waals surface area (Å²) in [6, 6.07) is 10.0. The number of unbranched alkanes of at least 4 members (excludes halogenated alkanes) is 7. The maximum absolute atomic E-state index is 11.9. The number of carbonyl (C=O) groups excluding carboxylic acids is 1. The van der Waals surface area contributed by atoms with Crippen LogP contribution in [0.15, 0.2) is 35.4 Å². The zero-order valence-corrected chi connectivity index (χ0v) is 14.8. The van der Waals surface area contributed by atoms with E-state index >= 15 is 0 Å². The van der Waals surface area contributed by atoms with Crippen LogP contribution >= 0.6 is 0 Å². The first-order valence-electron chi connectivity index (χ1n) is 9.18. The first kappa shape index (κ1) is 19.4. The fourth-order valence-electron chi connectivity index (χ4n) is 2.58. The molecule has 0 aliphatic rings. The van der Waals surface area contributed by atoms with Gasteiger partial charge in [-0.05, 0) is 18.4 Å². The molecule has 3 nitrogen and oxygen atoms in total. The van der Waals surface area contributed by atoms with E-state index in [2.05, 4.69) is 24.4 Å². The first-order chi connectivity index (χ1) is 11.3. The number of hydrazone groups is 1. The summed E-state index contributed by atoms with van der Waals surface area (Å²) >= 11 is 0. The van der Waals surface area contributed by atoms with E-state index in [-0.39, 0.29) is 5.91 Å². The van der Waals surface area contributed by atoms with Crippen molar-refractivity contribution in [3.8, 4) is 0 Å². The van der Waals surface area contributed by atoms with Crippen LogP contribution in [0.25, 0.3) is 0 Å². The van der Waals surface area contributed by atoms with Crippen LogP contribution in [0.4, 0.5) is 0 Å². The van der Waals surface area contributed by atoms with E-state index < -0.39 is 0 Å². The lowest BCUT2D eigenvalue weighted by atomic mass is 10.1. The highest BCUT2D eigenvalue weighted by atomic mass is 16.2. The third-order valence-electron chi connectivity index (χ3n) is 4.01. The number of hydrogen-bond donors (Lipinski definition) is 1. The minimum absolute atomic E-state index is 0.0258. The zero-order valence-electron chi connectivity index (χ0n) is 14.8. The topological polar surface area (TPSA) is 41.5 Å². The van der Waals surface area contributed by atoms with E-state index in [0.29, 0.717) is 6.42 Å². The van der Waals surface area contributed by atoms with Gasteiger partial charge in [-0.25, -0.2) is 5.43 Å². The summed E-state index contributed by atoms with van der Waals surface area (Å²) in [5, 5.41) is 4.28. The van der Waals surface area contributed by atoms with Gasteiger partial charge in [0.15, 0.2) is 0 Å². The Hall–Kier alpha value is -1.64. The van der Waals surface area contributed by atoms with Gasteiger partial charge in [-0.2, -0.15) is 5.10 Å². The van der Waals surface area contributed by atoms with Crippen molar-refractivity contribution in [2.75, 3.05) is 0 Å². The second-order valence-corrected chi connectivity index (χ2v) is 6.04. The van der Waals surface area contributed by atoms with E-state index in [9.17, 15) is 4.79 Å². The molecule has 0 heterocycles. The molecule has 0 saturated heterocycles. The predicted octanol–water partition coefficient (Wildman–Crippen LogP) is 5.45. The first-order valence-corrected chi connectivity index (χ1v) is 9.18. The molecule has 23 heavy (non-hydrogen) atoms. The highest BCUT2D eigenvalue weighted by Gasteiger charge is 2.03. The number of carbonyl (C=O) groups is 1. The van der Waals surface area contributed by atoms with Gasteiger partial charge in [0.05, 0.1) is 5.71 Å². The Balaban J connectivity index is 2.17. The van der Waals surface area contributed by atoms with Crippen LogP contribution in [0.5, 0.6) is 0 Å². The van der Waals surface area contributed by atoms with E-state index in [1.807, 2.05) is 30.3 Å². The van der Waals surface area contributed by atoms with Crippen molar-refractivity contribution < 1.29 is 4.79 Å². The van der Waals surface area contributed by atoms with Gasteiger partial charge in [-0.3, -0.25) is 4.79 Å². The maximum Gasteiger partial charge on any atom is 0.240 e. The summed E-state index contributed by atoms with van der Waals surface area (Å²) in [6.45, 7) is 4.29. The standard InChI is InChI=1S/C20H32N2O/c1-3-5-6-7-8-9-10-14-17-20(23)22-21-19(4-2)18-15-12-11-13-16-18/h11-13,15-16H,3-10,14,17H2,1-2H3,(H,22,23)/b21-19+. The van der Waals surface area contributed by atoms with Gasteiger partial charge in [-0.15, -0.1) is 0 Å². The molecule has 0 saturated carbocycles. The fraction of sp³-hybridized carbons (Fsp3) is 0.600. The maximum atomic E-state index is 11.9. The van der Waals surface area contributed by atoms with Crippen molar-refractivity contribution in [1.29, 1.82) is 0 Å². The van der Waals surface area contributed by atoms with Gasteiger partial charge in [0.25, 0.3) is 0 Å². The molecular formula is C20H32N2O. The Bertz CT molecular complexity index is 454. The number of nitrogens with one attached hydrogen (secondary N) is 1. The van der Waals surface area contributed by atoms with E-state index in [1.165, 1.54) is 38.5 Å². The minimum Gasteiger partial charge on any atom is -0.273 e. The van der Waals surface area contributed by atoms with Crippen LogP contribution in [0.2, 0.25) is 0 Å². The lowest BCUT2D eigenvalue weighted by molar-refractivity contribution is -0.121. The Morgan fingerprint density at radius 3 is 2.13 bits per heavy atom. The SMILES string of the molecule is CCCCCCCCCCC(=O)N/N=C(\CC)c1ccccc1. The molecule has 1 amide bonds. The second-order valence-electron chi connectivity index (χ2n) is 6.04. The van der Waals surface area contributed by atoms with E-state index in [1.54, 1.807) is 0 Å². The van der Waals surface area contributed by atoms with Crippen molar-refractivity contribution in [3.63, 3.8) is 0 Å². The van der Waals surface area contributed by atoms with Crippen LogP contribution in [0.1, 0.15) is 83.6 Å². The van der Waals surface area contributed by atoms with Crippen LogP contribution in [-0.4, -0.2) is 11.6 Å². The monoisotopic (exact) mass is 316 g/mol. The summed E-state index contributed by atoms with van der Waals surface area (Å²) in [5.41, 5.74) is 4.70. The molecule has 0 fully saturated rings. The Kier molecular flexibility index (Phi) is 10.9. The molecule has 1 aromatic carbocycles. The van der Waals surface area contributed by atoms with Crippen molar-refractivity contribution in [3.05, 3.63) is 35.9 Å². The van der Waals surface area contributed by atoms with Crippen LogP contribution in [-0.2, 0) is 4.79 Å². The van der Waals surface area contributed by atoms with Crippen LogP contribution < -0.4 is 5.43 Å². The van der Waals surface area contributed by atoms with Gasteiger partial charge < -0.3 is 0 Å². The molecule has 3 heteroatoms. The van der Waals surface area contributed by atoms with Gasteiger partial charge in [0.1, 0.15) is 0 Å². The molecule has 0 bridgehead atoms. The summed E-state index contributed by atoms with van der Waals surface area (Å²) < 4.78 is 0. The average Bonchev–Trinajstić information content (AvgIpc) is 2.59. The second kappa shape index (κ2) is 12.9. The molecule has 0 aliphatic heterocycles. The third-order valence-corrected chi connectivity index (χ3v) is 4.01. The van der Waals surface area contributed by atoms with Crippen molar-refractivity contribution in [2.24, 2.45) is 5.10 Å². The molecule has 0 aliphatic carbocycles. The number of amides is 1. The molecule has 128 valence electrons. The predicted molar refractivity (Wildman–Crippen MR) is 98.6 cm³/mol. The lowest BCUT2D eigenvalue weighted by Gasteiger charge is -2.05. The van der Waals surface area contributed by atoms with Gasteiger partial charge >= 0.3 is 0 Å². The Morgan fingerprint density at radius 2 is 1.52 bits per heavy atom. The highest BCUT2D eigenvalue weighted by molar-refractivity contribution is 6.00. The fourth-order valence-corrected chi connectivity index (χ4v) is 2.58. The normalized spacial score (nSPS) is 11.5. The average molecular weight is 316 g/mol. The summed E-state index contributed by atoms with van der Waals surface area (Å²) in [4.78, 5) is 11.9. The molecule has 0 spiro atoms. The molecule has 0 aromatic heterocycles. The van der Waals surface area contributed by atoms with Gasteiger partial charge in [0.2, 0.25) is 5.91 Å². The molecule has 1 N–H and O–H groups in total. The van der Waals surface area contributed by atoms with Gasteiger partial charge in [0, 0.05) is 6.42 Å². The third kappa shape index (κ3) is 9.17. The largest absolute Gasteiger partial charge is 0.273 e. The number of nitrogens with zero attached hydrogens (tertiary/aromatic N) is 1. The summed E-state index contributed by atoms with van der Waals surface area (Å²) in [7, 11) is 0. The van der Waals surface area contributed by atoms with Gasteiger partial charge in [-0.1, -0.05) is 89.1 Å². The zero-order chi connectivity index (χ0) is 16.8. The van der Waals surface area contributed by atoms with Crippen molar-refractivity contribution in [1.82, 2.24) is 5.43 Å². The summed E-state index contributed by atoms with van der Waals surface area (Å²) in [6.07, 6.45) is 11.4. The van der Waals surface area contributed by atoms with Crippen LogP contribution in [0, 0.1) is 0 Å². The number of rotatable bonds is 12. The smallest absolute Gasteiger partial charge is 0.240 e. The quantitative estimate of drug-likeness (QED) is 0.311. The molecule has 1 aromatic rings. The summed E-state index contributed by atoms with van der Waals surface area (Å²) in [5.74, 6) is 0.0258.